The molecule has 2 aromatic heterocycles. The van der Waals surface area contributed by atoms with Gasteiger partial charge in [0, 0.05) is 10.8 Å². The Labute approximate surface area is 218 Å². The van der Waals surface area contributed by atoms with E-state index in [0.29, 0.717) is 0 Å². The molecule has 0 spiro atoms. The zero-order chi connectivity index (χ0) is 25.1. The van der Waals surface area contributed by atoms with Crippen LogP contribution < -0.4 is 0 Å². The summed E-state index contributed by atoms with van der Waals surface area (Å²) in [6, 6.07) is 44.0. The molecule has 0 aliphatic carbocycles. The first-order chi connectivity index (χ1) is 18.8. The Morgan fingerprint density at radius 3 is 2.08 bits per heavy atom. The first-order valence-corrected chi connectivity index (χ1v) is 12.7. The molecule has 0 saturated heterocycles. The molecular formula is C34H21N3O. The largest absolute Gasteiger partial charge is 0.456 e. The highest BCUT2D eigenvalue weighted by Crippen LogP contribution is 2.42. The molecule has 0 N–H and O–H groups in total. The molecule has 0 aliphatic heterocycles. The average molecular weight is 488 g/mol. The molecule has 8 rings (SSSR count). The van der Waals surface area contributed by atoms with Gasteiger partial charge >= 0.3 is 0 Å². The third kappa shape index (κ3) is 3.24. The highest BCUT2D eigenvalue weighted by molar-refractivity contribution is 6.14. The molecule has 6 aromatic carbocycles. The number of para-hydroxylation sites is 2. The molecule has 2 heterocycles. The Hall–Kier alpha value is -5.22. The maximum absolute atomic E-state index is 6.23. The van der Waals surface area contributed by atoms with Gasteiger partial charge in [-0.05, 0) is 81.6 Å². The molecular weight excluding hydrogens is 466 g/mol. The SMILES string of the molecule is c1ccc(-n2nc3ccc(-c4cc5ccccc5cc4-c4cccc5oc6ccccc6c45)cc3n2)cc1. The van der Waals surface area contributed by atoms with Crippen molar-refractivity contribution in [3.8, 4) is 27.9 Å². The summed E-state index contributed by atoms with van der Waals surface area (Å²) in [6.07, 6.45) is 0. The summed E-state index contributed by atoms with van der Waals surface area (Å²) in [5.41, 5.74) is 9.02. The number of nitrogens with zero attached hydrogens (tertiary/aromatic N) is 3. The normalized spacial score (nSPS) is 11.7. The van der Waals surface area contributed by atoms with Gasteiger partial charge in [-0.15, -0.1) is 10.2 Å². The maximum Gasteiger partial charge on any atom is 0.136 e. The highest BCUT2D eigenvalue weighted by Gasteiger charge is 2.17. The summed E-state index contributed by atoms with van der Waals surface area (Å²) in [5, 5.41) is 14.2. The molecule has 8 aromatic rings. The van der Waals surface area contributed by atoms with Crippen LogP contribution in [-0.4, -0.2) is 15.0 Å². The fourth-order valence-electron chi connectivity index (χ4n) is 5.46. The van der Waals surface area contributed by atoms with Gasteiger partial charge in [0.25, 0.3) is 0 Å². The van der Waals surface area contributed by atoms with Crippen LogP contribution >= 0.6 is 0 Å². The standard InChI is InChI=1S/C34H21N3O/c1-2-11-25(12-3-1)37-35-30-18-17-24(21-31(30)36-37)28-19-22-9-4-5-10-23(22)20-29(28)26-14-8-16-33-34(26)27-13-6-7-15-32(27)38-33/h1-21H. The fourth-order valence-corrected chi connectivity index (χ4v) is 5.46. The van der Waals surface area contributed by atoms with Gasteiger partial charge in [-0.2, -0.15) is 4.80 Å². The van der Waals surface area contributed by atoms with Crippen molar-refractivity contribution >= 4 is 43.7 Å². The summed E-state index contributed by atoms with van der Waals surface area (Å²) in [6.45, 7) is 0. The Balaban J connectivity index is 1.39. The van der Waals surface area contributed by atoms with Gasteiger partial charge in [-0.3, -0.25) is 0 Å². The minimum atomic E-state index is 0.859. The second-order valence-corrected chi connectivity index (χ2v) is 9.55. The third-order valence-corrected chi connectivity index (χ3v) is 7.26. The lowest BCUT2D eigenvalue weighted by Crippen LogP contribution is -1.97. The summed E-state index contributed by atoms with van der Waals surface area (Å²) in [7, 11) is 0. The molecule has 0 unspecified atom stereocenters. The number of hydrogen-bond acceptors (Lipinski definition) is 3. The van der Waals surface area contributed by atoms with Crippen LogP contribution in [0, 0.1) is 0 Å². The quantitative estimate of drug-likeness (QED) is 0.250. The van der Waals surface area contributed by atoms with Gasteiger partial charge in [-0.25, -0.2) is 0 Å². The molecule has 0 radical (unpaired) electrons. The van der Waals surface area contributed by atoms with Crippen LogP contribution in [0.2, 0.25) is 0 Å². The lowest BCUT2D eigenvalue weighted by molar-refractivity contribution is 0.669. The first kappa shape index (κ1) is 20.9. The van der Waals surface area contributed by atoms with E-state index >= 15 is 0 Å². The van der Waals surface area contributed by atoms with E-state index in [1.165, 1.54) is 10.8 Å². The number of hydrogen-bond donors (Lipinski definition) is 0. The lowest BCUT2D eigenvalue weighted by Gasteiger charge is -2.14. The summed E-state index contributed by atoms with van der Waals surface area (Å²) in [5.74, 6) is 0. The summed E-state index contributed by atoms with van der Waals surface area (Å²) < 4.78 is 6.23. The van der Waals surface area contributed by atoms with Crippen molar-refractivity contribution in [3.05, 3.63) is 127 Å². The Morgan fingerprint density at radius 1 is 0.500 bits per heavy atom. The Kier molecular flexibility index (Phi) is 4.49. The van der Waals surface area contributed by atoms with Crippen molar-refractivity contribution in [3.63, 3.8) is 0 Å². The molecule has 0 atom stereocenters. The number of rotatable bonds is 3. The van der Waals surface area contributed by atoms with Gasteiger partial charge in [0.15, 0.2) is 0 Å². The molecule has 0 amide bonds. The van der Waals surface area contributed by atoms with Crippen LogP contribution in [0.1, 0.15) is 0 Å². The number of aromatic nitrogens is 3. The van der Waals surface area contributed by atoms with E-state index in [1.807, 2.05) is 48.5 Å². The molecule has 0 fully saturated rings. The minimum Gasteiger partial charge on any atom is -0.456 e. The molecule has 0 bridgehead atoms. The van der Waals surface area contributed by atoms with Crippen molar-refractivity contribution in [2.45, 2.75) is 0 Å². The molecule has 178 valence electrons. The van der Waals surface area contributed by atoms with Gasteiger partial charge in [0.1, 0.15) is 22.2 Å². The average Bonchev–Trinajstić information content (AvgIpc) is 3.58. The number of benzene rings is 6. The molecule has 0 aliphatic rings. The van der Waals surface area contributed by atoms with Crippen LogP contribution in [0.4, 0.5) is 0 Å². The third-order valence-electron chi connectivity index (χ3n) is 7.26. The van der Waals surface area contributed by atoms with E-state index in [2.05, 4.69) is 78.9 Å². The molecule has 4 heteroatoms. The van der Waals surface area contributed by atoms with Crippen molar-refractivity contribution in [2.24, 2.45) is 0 Å². The van der Waals surface area contributed by atoms with Crippen molar-refractivity contribution in [1.82, 2.24) is 15.0 Å². The second-order valence-electron chi connectivity index (χ2n) is 9.55. The minimum absolute atomic E-state index is 0.859. The Morgan fingerprint density at radius 2 is 1.21 bits per heavy atom. The van der Waals surface area contributed by atoms with E-state index in [9.17, 15) is 0 Å². The van der Waals surface area contributed by atoms with Crippen LogP contribution in [0.3, 0.4) is 0 Å². The van der Waals surface area contributed by atoms with Gasteiger partial charge in [0.2, 0.25) is 0 Å². The van der Waals surface area contributed by atoms with Crippen molar-refractivity contribution in [2.75, 3.05) is 0 Å². The van der Waals surface area contributed by atoms with Gasteiger partial charge in [-0.1, -0.05) is 78.9 Å². The summed E-state index contributed by atoms with van der Waals surface area (Å²) in [4.78, 5) is 1.70. The van der Waals surface area contributed by atoms with E-state index in [-0.39, 0.29) is 0 Å². The van der Waals surface area contributed by atoms with Crippen LogP contribution in [0.25, 0.3) is 71.7 Å². The smallest absolute Gasteiger partial charge is 0.136 e. The Bertz CT molecular complexity index is 2140. The van der Waals surface area contributed by atoms with E-state index in [0.717, 1.165) is 60.9 Å². The molecule has 38 heavy (non-hydrogen) atoms. The topological polar surface area (TPSA) is 43.9 Å². The fraction of sp³-hybridized carbons (Fsp3) is 0. The predicted octanol–water partition coefficient (Wildman–Crippen LogP) is 8.81. The lowest BCUT2D eigenvalue weighted by atomic mass is 9.89. The van der Waals surface area contributed by atoms with Crippen molar-refractivity contribution < 1.29 is 4.42 Å². The van der Waals surface area contributed by atoms with Crippen molar-refractivity contribution in [1.29, 1.82) is 0 Å². The number of furan rings is 1. The highest BCUT2D eigenvalue weighted by atomic mass is 16.3. The van der Waals surface area contributed by atoms with Gasteiger partial charge < -0.3 is 4.42 Å². The van der Waals surface area contributed by atoms with E-state index in [1.54, 1.807) is 4.80 Å². The summed E-state index contributed by atoms with van der Waals surface area (Å²) >= 11 is 0. The van der Waals surface area contributed by atoms with E-state index in [4.69, 9.17) is 14.6 Å². The molecule has 0 saturated carbocycles. The molecule has 4 nitrogen and oxygen atoms in total. The van der Waals surface area contributed by atoms with Crippen LogP contribution in [0.5, 0.6) is 0 Å². The first-order valence-electron chi connectivity index (χ1n) is 12.7. The maximum atomic E-state index is 6.23. The van der Waals surface area contributed by atoms with Crippen LogP contribution in [-0.2, 0) is 0 Å². The zero-order valence-corrected chi connectivity index (χ0v) is 20.4. The van der Waals surface area contributed by atoms with Gasteiger partial charge in [0.05, 0.1) is 5.69 Å². The second kappa shape index (κ2) is 8.15. The number of fused-ring (bicyclic) bond motifs is 5. The zero-order valence-electron chi connectivity index (χ0n) is 20.4. The van der Waals surface area contributed by atoms with Crippen LogP contribution in [0.15, 0.2) is 132 Å². The monoisotopic (exact) mass is 487 g/mol. The van der Waals surface area contributed by atoms with E-state index < -0.39 is 0 Å². The predicted molar refractivity (Wildman–Crippen MR) is 155 cm³/mol.